The van der Waals surface area contributed by atoms with Crippen LogP contribution in [0.15, 0.2) is 22.1 Å². The maximum atomic E-state index is 11.4. The minimum atomic E-state index is -0.288. The molecule has 0 radical (unpaired) electrons. The summed E-state index contributed by atoms with van der Waals surface area (Å²) in [6.07, 6.45) is 0. The van der Waals surface area contributed by atoms with Crippen LogP contribution in [0.4, 0.5) is 0 Å². The second-order valence-corrected chi connectivity index (χ2v) is 3.38. The van der Waals surface area contributed by atoms with Crippen LogP contribution in [0.25, 0.3) is 5.57 Å². The summed E-state index contributed by atoms with van der Waals surface area (Å²) in [4.78, 5) is 11.4. The molecule has 3 nitrogen and oxygen atoms in total. The van der Waals surface area contributed by atoms with Crippen LogP contribution in [0, 0.1) is 6.92 Å². The average Bonchev–Trinajstić information content (AvgIpc) is 2.63. The third-order valence-electron chi connectivity index (χ3n) is 2.25. The van der Waals surface area contributed by atoms with E-state index in [1.165, 1.54) is 0 Å². The normalized spacial score (nSPS) is 12.3. The molecular weight excluding hydrogens is 192 g/mol. The minimum Gasteiger partial charge on any atom is -0.463 e. The summed E-state index contributed by atoms with van der Waals surface area (Å²) in [6.45, 7) is 7.64. The van der Waals surface area contributed by atoms with Crippen molar-refractivity contribution >= 4 is 11.5 Å². The number of carbonyl (C=O) groups excluding carboxylic acids is 1. The van der Waals surface area contributed by atoms with Gasteiger partial charge in [0.05, 0.1) is 6.61 Å². The van der Waals surface area contributed by atoms with Gasteiger partial charge in [-0.05, 0) is 39.8 Å². The Labute approximate surface area is 89.7 Å². The highest BCUT2D eigenvalue weighted by atomic mass is 16.5. The van der Waals surface area contributed by atoms with Crippen molar-refractivity contribution in [3.05, 3.63) is 29.2 Å². The van der Waals surface area contributed by atoms with E-state index in [4.69, 9.17) is 9.15 Å². The molecule has 1 heterocycles. The zero-order chi connectivity index (χ0) is 11.4. The van der Waals surface area contributed by atoms with Crippen LogP contribution in [-0.4, -0.2) is 12.6 Å². The molecule has 0 aliphatic heterocycles. The van der Waals surface area contributed by atoms with Crippen LogP contribution >= 0.6 is 0 Å². The number of rotatable bonds is 3. The van der Waals surface area contributed by atoms with Crippen LogP contribution in [-0.2, 0) is 9.53 Å². The number of esters is 1. The van der Waals surface area contributed by atoms with Crippen molar-refractivity contribution in [3.8, 4) is 0 Å². The molecule has 0 amide bonds. The van der Waals surface area contributed by atoms with Crippen molar-refractivity contribution < 1.29 is 13.9 Å². The molecule has 0 aromatic carbocycles. The molecule has 0 N–H and O–H groups in total. The third-order valence-corrected chi connectivity index (χ3v) is 2.25. The van der Waals surface area contributed by atoms with Gasteiger partial charge in [-0.25, -0.2) is 4.79 Å². The Kier molecular flexibility index (Phi) is 3.72. The maximum absolute atomic E-state index is 11.4. The number of carbonyl (C=O) groups is 1. The van der Waals surface area contributed by atoms with Gasteiger partial charge in [0, 0.05) is 11.1 Å². The summed E-state index contributed by atoms with van der Waals surface area (Å²) in [5.74, 6) is 1.27. The highest BCUT2D eigenvalue weighted by molar-refractivity contribution is 5.96. The smallest absolute Gasteiger partial charge is 0.334 e. The minimum absolute atomic E-state index is 0.288. The van der Waals surface area contributed by atoms with Crippen LogP contribution in [0.5, 0.6) is 0 Å². The summed E-state index contributed by atoms with van der Waals surface area (Å²) in [6, 6.07) is 3.73. The molecule has 0 fully saturated rings. The van der Waals surface area contributed by atoms with Gasteiger partial charge in [0.1, 0.15) is 11.5 Å². The van der Waals surface area contributed by atoms with E-state index in [1.54, 1.807) is 13.8 Å². The van der Waals surface area contributed by atoms with Gasteiger partial charge < -0.3 is 9.15 Å². The maximum Gasteiger partial charge on any atom is 0.334 e. The van der Waals surface area contributed by atoms with E-state index in [0.29, 0.717) is 12.2 Å². The van der Waals surface area contributed by atoms with E-state index < -0.39 is 0 Å². The van der Waals surface area contributed by atoms with E-state index in [1.807, 2.05) is 26.0 Å². The number of furan rings is 1. The van der Waals surface area contributed by atoms with E-state index in [9.17, 15) is 4.79 Å². The lowest BCUT2D eigenvalue weighted by Gasteiger charge is -2.04. The zero-order valence-electron chi connectivity index (χ0n) is 9.59. The molecular formula is C12H16O3. The Balaban J connectivity index is 2.94. The first kappa shape index (κ1) is 11.6. The lowest BCUT2D eigenvalue weighted by atomic mass is 10.1. The van der Waals surface area contributed by atoms with Gasteiger partial charge in [-0.3, -0.25) is 0 Å². The molecule has 0 spiro atoms. The topological polar surface area (TPSA) is 39.4 Å². The van der Waals surface area contributed by atoms with Crippen LogP contribution in [0.1, 0.15) is 32.3 Å². The van der Waals surface area contributed by atoms with Gasteiger partial charge >= 0.3 is 5.97 Å². The van der Waals surface area contributed by atoms with E-state index in [-0.39, 0.29) is 5.97 Å². The van der Waals surface area contributed by atoms with Crippen molar-refractivity contribution in [2.24, 2.45) is 0 Å². The summed E-state index contributed by atoms with van der Waals surface area (Å²) in [5, 5.41) is 0. The predicted octanol–water partition coefficient (Wildman–Crippen LogP) is 2.94. The number of ether oxygens (including phenoxy) is 1. The Morgan fingerprint density at radius 3 is 2.53 bits per heavy atom. The first-order valence-electron chi connectivity index (χ1n) is 4.97. The first-order chi connectivity index (χ1) is 7.06. The Bertz CT molecular complexity index is 385. The highest BCUT2D eigenvalue weighted by Gasteiger charge is 2.11. The molecule has 1 aromatic heterocycles. The fourth-order valence-corrected chi connectivity index (χ4v) is 1.21. The summed E-state index contributed by atoms with van der Waals surface area (Å²) < 4.78 is 10.3. The van der Waals surface area contributed by atoms with Gasteiger partial charge in [-0.2, -0.15) is 0 Å². The lowest BCUT2D eigenvalue weighted by molar-refractivity contribution is -0.138. The molecule has 3 heteroatoms. The van der Waals surface area contributed by atoms with Crippen molar-refractivity contribution in [1.82, 2.24) is 0 Å². The molecule has 0 saturated heterocycles. The standard InChI is InChI=1S/C12H16O3/c1-5-14-12(13)10(4)9(3)11-7-6-8(2)15-11/h6-7H,5H2,1-4H3/b10-9-. The molecule has 0 unspecified atom stereocenters. The molecule has 1 aromatic rings. The quantitative estimate of drug-likeness (QED) is 0.566. The van der Waals surface area contributed by atoms with Gasteiger partial charge in [-0.1, -0.05) is 0 Å². The Morgan fingerprint density at radius 1 is 1.40 bits per heavy atom. The predicted molar refractivity (Wildman–Crippen MR) is 58.3 cm³/mol. The molecule has 15 heavy (non-hydrogen) atoms. The lowest BCUT2D eigenvalue weighted by Crippen LogP contribution is -2.06. The largest absolute Gasteiger partial charge is 0.463 e. The average molecular weight is 208 g/mol. The Hall–Kier alpha value is -1.51. The molecule has 0 bridgehead atoms. The van der Waals surface area contributed by atoms with Crippen molar-refractivity contribution in [1.29, 1.82) is 0 Å². The SMILES string of the molecule is CCOC(=O)/C(C)=C(/C)c1ccc(C)o1. The second kappa shape index (κ2) is 4.82. The highest BCUT2D eigenvalue weighted by Crippen LogP contribution is 2.21. The van der Waals surface area contributed by atoms with E-state index in [0.717, 1.165) is 17.1 Å². The number of hydrogen-bond donors (Lipinski definition) is 0. The van der Waals surface area contributed by atoms with Crippen LogP contribution in [0.3, 0.4) is 0 Å². The molecule has 1 rings (SSSR count). The first-order valence-corrected chi connectivity index (χ1v) is 4.97. The molecule has 0 aliphatic rings. The number of aryl methyl sites for hydroxylation is 1. The molecule has 0 aliphatic carbocycles. The second-order valence-electron chi connectivity index (χ2n) is 3.38. The van der Waals surface area contributed by atoms with Crippen molar-refractivity contribution in [3.63, 3.8) is 0 Å². The van der Waals surface area contributed by atoms with Crippen LogP contribution < -0.4 is 0 Å². The van der Waals surface area contributed by atoms with Crippen LogP contribution in [0.2, 0.25) is 0 Å². The van der Waals surface area contributed by atoms with Gasteiger partial charge in [0.25, 0.3) is 0 Å². The van der Waals surface area contributed by atoms with Crippen molar-refractivity contribution in [2.75, 3.05) is 6.61 Å². The monoisotopic (exact) mass is 208 g/mol. The number of hydrogen-bond acceptors (Lipinski definition) is 3. The Morgan fingerprint density at radius 2 is 2.07 bits per heavy atom. The molecule has 82 valence electrons. The van der Waals surface area contributed by atoms with E-state index >= 15 is 0 Å². The third kappa shape index (κ3) is 2.72. The zero-order valence-corrected chi connectivity index (χ0v) is 9.59. The summed E-state index contributed by atoms with van der Waals surface area (Å²) in [7, 11) is 0. The van der Waals surface area contributed by atoms with Gasteiger partial charge in [-0.15, -0.1) is 0 Å². The molecule has 0 atom stereocenters. The fourth-order valence-electron chi connectivity index (χ4n) is 1.21. The fraction of sp³-hybridized carbons (Fsp3) is 0.417. The summed E-state index contributed by atoms with van der Waals surface area (Å²) >= 11 is 0. The van der Waals surface area contributed by atoms with Crippen molar-refractivity contribution in [2.45, 2.75) is 27.7 Å². The summed E-state index contributed by atoms with van der Waals surface area (Å²) in [5.41, 5.74) is 1.41. The number of allylic oxidation sites excluding steroid dienone is 1. The molecule has 0 saturated carbocycles. The van der Waals surface area contributed by atoms with Gasteiger partial charge in [0.2, 0.25) is 0 Å². The van der Waals surface area contributed by atoms with E-state index in [2.05, 4.69) is 0 Å². The van der Waals surface area contributed by atoms with Gasteiger partial charge in [0.15, 0.2) is 0 Å².